The van der Waals surface area contributed by atoms with Gasteiger partial charge in [0.25, 0.3) is 0 Å². The molecule has 2 fully saturated rings. The molecule has 4 rings (SSSR count). The first-order valence-electron chi connectivity index (χ1n) is 7.80. The standard InChI is InChI=1S/C17H20BrN3/c18-12-7-11-3-1-6-16(17(11)20-10-12)21-14-4-2-5-15(21)9-13(19)8-14/h1,3,6-7,10,13-15H,2,4-5,8-9,19H2. The van der Waals surface area contributed by atoms with E-state index < -0.39 is 0 Å². The van der Waals surface area contributed by atoms with E-state index in [4.69, 9.17) is 5.73 Å². The number of hydrogen-bond donors (Lipinski definition) is 1. The van der Waals surface area contributed by atoms with Gasteiger partial charge in [-0.15, -0.1) is 0 Å². The number of aromatic nitrogens is 1. The summed E-state index contributed by atoms with van der Waals surface area (Å²) in [7, 11) is 0. The number of nitrogens with two attached hydrogens (primary N) is 1. The number of hydrogen-bond acceptors (Lipinski definition) is 3. The largest absolute Gasteiger partial charge is 0.364 e. The monoisotopic (exact) mass is 345 g/mol. The Balaban J connectivity index is 1.82. The highest BCUT2D eigenvalue weighted by Crippen LogP contribution is 2.39. The van der Waals surface area contributed by atoms with Crippen LogP contribution in [0.2, 0.25) is 0 Å². The van der Waals surface area contributed by atoms with Crippen molar-refractivity contribution in [3.8, 4) is 0 Å². The lowest BCUT2D eigenvalue weighted by atomic mass is 9.81. The first-order valence-corrected chi connectivity index (χ1v) is 8.60. The summed E-state index contributed by atoms with van der Waals surface area (Å²) in [5.41, 5.74) is 8.66. The van der Waals surface area contributed by atoms with E-state index in [0.29, 0.717) is 18.1 Å². The molecule has 2 aliphatic heterocycles. The topological polar surface area (TPSA) is 42.1 Å². The molecule has 21 heavy (non-hydrogen) atoms. The highest BCUT2D eigenvalue weighted by atomic mass is 79.9. The lowest BCUT2D eigenvalue weighted by molar-refractivity contribution is 0.272. The zero-order valence-electron chi connectivity index (χ0n) is 12.0. The van der Waals surface area contributed by atoms with Crippen LogP contribution < -0.4 is 10.6 Å². The molecule has 0 saturated carbocycles. The SMILES string of the molecule is NC1CC2CCCC(C1)N2c1cccc2cc(Br)cnc12. The number of nitrogens with zero attached hydrogens (tertiary/aromatic N) is 2. The molecule has 0 spiro atoms. The third-order valence-electron chi connectivity index (χ3n) is 4.95. The maximum Gasteiger partial charge on any atom is 0.0936 e. The van der Waals surface area contributed by atoms with Crippen LogP contribution in [0.5, 0.6) is 0 Å². The molecule has 110 valence electrons. The second-order valence-corrected chi connectivity index (χ2v) is 7.30. The van der Waals surface area contributed by atoms with Crippen molar-refractivity contribution in [3.63, 3.8) is 0 Å². The molecule has 0 aliphatic carbocycles. The van der Waals surface area contributed by atoms with Gasteiger partial charge < -0.3 is 10.6 Å². The fourth-order valence-corrected chi connectivity index (χ4v) is 4.49. The van der Waals surface area contributed by atoms with E-state index in [9.17, 15) is 0 Å². The zero-order chi connectivity index (χ0) is 14.4. The minimum absolute atomic E-state index is 0.369. The molecular weight excluding hydrogens is 326 g/mol. The van der Waals surface area contributed by atoms with Crippen LogP contribution in [-0.4, -0.2) is 23.1 Å². The van der Waals surface area contributed by atoms with Crippen molar-refractivity contribution >= 4 is 32.5 Å². The van der Waals surface area contributed by atoms with Gasteiger partial charge in [0.1, 0.15) is 0 Å². The molecule has 3 heterocycles. The molecule has 2 N–H and O–H groups in total. The van der Waals surface area contributed by atoms with E-state index in [1.54, 1.807) is 0 Å². The molecule has 3 nitrogen and oxygen atoms in total. The summed E-state index contributed by atoms with van der Waals surface area (Å²) in [4.78, 5) is 7.30. The van der Waals surface area contributed by atoms with Gasteiger partial charge in [-0.1, -0.05) is 12.1 Å². The van der Waals surface area contributed by atoms with Gasteiger partial charge in [0.05, 0.1) is 11.2 Å². The number of fused-ring (bicyclic) bond motifs is 3. The van der Waals surface area contributed by atoms with Gasteiger partial charge in [-0.25, -0.2) is 0 Å². The van der Waals surface area contributed by atoms with Crippen LogP contribution in [0.3, 0.4) is 0 Å². The molecular formula is C17H20BrN3. The molecule has 1 aromatic carbocycles. The predicted molar refractivity (Wildman–Crippen MR) is 90.6 cm³/mol. The van der Waals surface area contributed by atoms with E-state index in [1.807, 2.05) is 6.20 Å². The van der Waals surface area contributed by atoms with Crippen LogP contribution >= 0.6 is 15.9 Å². The first kappa shape index (κ1) is 13.5. The van der Waals surface area contributed by atoms with E-state index >= 15 is 0 Å². The van der Waals surface area contributed by atoms with Gasteiger partial charge in [0, 0.05) is 34.2 Å². The Morgan fingerprint density at radius 3 is 2.71 bits per heavy atom. The fourth-order valence-electron chi connectivity index (χ4n) is 4.14. The second-order valence-electron chi connectivity index (χ2n) is 6.38. The van der Waals surface area contributed by atoms with Gasteiger partial charge in [-0.2, -0.15) is 0 Å². The average molecular weight is 346 g/mol. The van der Waals surface area contributed by atoms with Crippen molar-refractivity contribution in [3.05, 3.63) is 34.9 Å². The van der Waals surface area contributed by atoms with Crippen LogP contribution in [0.25, 0.3) is 10.9 Å². The molecule has 0 radical (unpaired) electrons. The van der Waals surface area contributed by atoms with Crippen molar-refractivity contribution in [1.82, 2.24) is 4.98 Å². The number of piperidine rings is 2. The second kappa shape index (κ2) is 5.25. The number of anilines is 1. The Morgan fingerprint density at radius 2 is 1.95 bits per heavy atom. The summed E-state index contributed by atoms with van der Waals surface area (Å²) in [6, 6.07) is 10.2. The molecule has 2 bridgehead atoms. The highest BCUT2D eigenvalue weighted by Gasteiger charge is 2.37. The van der Waals surface area contributed by atoms with Crippen LogP contribution in [0.1, 0.15) is 32.1 Å². The Bertz CT molecular complexity index is 658. The van der Waals surface area contributed by atoms with Crippen LogP contribution in [0.4, 0.5) is 5.69 Å². The van der Waals surface area contributed by atoms with E-state index in [2.05, 4.69) is 50.1 Å². The molecule has 2 atom stereocenters. The molecule has 4 heteroatoms. The number of pyridine rings is 1. The number of para-hydroxylation sites is 1. The Labute approximate surface area is 133 Å². The Morgan fingerprint density at radius 1 is 1.19 bits per heavy atom. The molecule has 2 unspecified atom stereocenters. The number of halogens is 1. The molecule has 2 saturated heterocycles. The number of rotatable bonds is 1. The summed E-state index contributed by atoms with van der Waals surface area (Å²) >= 11 is 3.52. The molecule has 2 aromatic rings. The van der Waals surface area contributed by atoms with Crippen LogP contribution in [0, 0.1) is 0 Å². The maximum atomic E-state index is 6.25. The maximum absolute atomic E-state index is 6.25. The third kappa shape index (κ3) is 2.34. The first-order chi connectivity index (χ1) is 10.2. The van der Waals surface area contributed by atoms with Crippen molar-refractivity contribution in [2.24, 2.45) is 5.73 Å². The highest BCUT2D eigenvalue weighted by molar-refractivity contribution is 9.10. The minimum Gasteiger partial charge on any atom is -0.364 e. The summed E-state index contributed by atoms with van der Waals surface area (Å²) < 4.78 is 1.04. The zero-order valence-corrected chi connectivity index (χ0v) is 13.6. The third-order valence-corrected chi connectivity index (χ3v) is 5.38. The summed E-state index contributed by atoms with van der Waals surface area (Å²) in [5.74, 6) is 0. The van der Waals surface area contributed by atoms with Crippen LogP contribution in [0.15, 0.2) is 34.9 Å². The molecule has 0 amide bonds. The normalized spacial score (nSPS) is 28.9. The quantitative estimate of drug-likeness (QED) is 0.853. The lowest BCUT2D eigenvalue weighted by Crippen LogP contribution is -2.55. The summed E-state index contributed by atoms with van der Waals surface area (Å²) in [6.45, 7) is 0. The van der Waals surface area contributed by atoms with Crippen LogP contribution in [-0.2, 0) is 0 Å². The Kier molecular flexibility index (Phi) is 3.38. The fraction of sp³-hybridized carbons (Fsp3) is 0.471. The molecule has 2 aliphatic rings. The van der Waals surface area contributed by atoms with Gasteiger partial charge >= 0.3 is 0 Å². The predicted octanol–water partition coefficient (Wildman–Crippen LogP) is 3.85. The minimum atomic E-state index is 0.369. The van der Waals surface area contributed by atoms with E-state index in [-0.39, 0.29) is 0 Å². The van der Waals surface area contributed by atoms with Crippen molar-refractivity contribution < 1.29 is 0 Å². The summed E-state index contributed by atoms with van der Waals surface area (Å²) in [6.07, 6.45) is 7.99. The summed E-state index contributed by atoms with van der Waals surface area (Å²) in [5, 5.41) is 1.20. The van der Waals surface area contributed by atoms with Gasteiger partial charge in [0.15, 0.2) is 0 Å². The van der Waals surface area contributed by atoms with Crippen molar-refractivity contribution in [2.75, 3.05) is 4.90 Å². The van der Waals surface area contributed by atoms with E-state index in [0.717, 1.165) is 22.8 Å². The molecule has 1 aromatic heterocycles. The van der Waals surface area contributed by atoms with Gasteiger partial charge in [-0.3, -0.25) is 4.98 Å². The van der Waals surface area contributed by atoms with Gasteiger partial charge in [0.2, 0.25) is 0 Å². The van der Waals surface area contributed by atoms with E-state index in [1.165, 1.54) is 30.3 Å². The number of benzene rings is 1. The van der Waals surface area contributed by atoms with Crippen molar-refractivity contribution in [1.29, 1.82) is 0 Å². The average Bonchev–Trinajstić information content (AvgIpc) is 2.45. The van der Waals surface area contributed by atoms with Crippen molar-refractivity contribution in [2.45, 2.75) is 50.2 Å². The van der Waals surface area contributed by atoms with Gasteiger partial charge in [-0.05, 0) is 60.2 Å². The lowest BCUT2D eigenvalue weighted by Gasteiger charge is -2.49. The Hall–Kier alpha value is -1.13. The smallest absolute Gasteiger partial charge is 0.0936 e.